The Labute approximate surface area is 217 Å². The average molecular weight is 553 g/mol. The minimum absolute atomic E-state index is 0.00342. The van der Waals surface area contributed by atoms with E-state index >= 15 is 0 Å². The van der Waals surface area contributed by atoms with Crippen molar-refractivity contribution in [2.45, 2.75) is 23.5 Å². The first-order valence-corrected chi connectivity index (χ1v) is 14.1. The molecule has 35 heavy (non-hydrogen) atoms. The van der Waals surface area contributed by atoms with E-state index in [1.54, 1.807) is 34.5 Å². The molecule has 0 bridgehead atoms. The Morgan fingerprint density at radius 1 is 1.09 bits per heavy atom. The molecule has 0 radical (unpaired) electrons. The van der Waals surface area contributed by atoms with Gasteiger partial charge in [0.15, 0.2) is 5.13 Å². The van der Waals surface area contributed by atoms with Crippen molar-refractivity contribution in [3.05, 3.63) is 69.7 Å². The standard InChI is InChI=1S/C23H22Cl2N4O4S2/c24-18-6-1-15(13-19(18)25)21-14-28(10-11-33-21)20-7-9-29(22(20)30)16-2-4-17(5-3-16)35(31,32)27-23-26-8-12-34-23/h1-6,8,12-13,20-21H,7,9-11,14H2,(H,26,27)/t20?,21-/m0/s1. The number of sulfonamides is 1. The molecule has 1 unspecified atom stereocenters. The molecule has 5 rings (SSSR count). The number of benzene rings is 2. The van der Waals surface area contributed by atoms with E-state index < -0.39 is 10.0 Å². The summed E-state index contributed by atoms with van der Waals surface area (Å²) in [6.45, 7) is 2.29. The SMILES string of the molecule is O=C1C(N2CCO[C@H](c3ccc(Cl)c(Cl)c3)C2)CCN1c1ccc(S(=O)(=O)Nc2nccs2)cc1. The van der Waals surface area contributed by atoms with Crippen LogP contribution in [0.15, 0.2) is 58.9 Å². The lowest BCUT2D eigenvalue weighted by atomic mass is 10.1. The number of nitrogens with one attached hydrogen (secondary N) is 1. The van der Waals surface area contributed by atoms with Crippen LogP contribution < -0.4 is 9.62 Å². The number of morpholine rings is 1. The van der Waals surface area contributed by atoms with Gasteiger partial charge in [0.1, 0.15) is 0 Å². The van der Waals surface area contributed by atoms with Crippen LogP contribution in [0, 0.1) is 0 Å². The van der Waals surface area contributed by atoms with E-state index in [0.717, 1.165) is 5.56 Å². The van der Waals surface area contributed by atoms with Crippen molar-refractivity contribution in [2.75, 3.05) is 35.9 Å². The number of aromatic nitrogens is 1. The van der Waals surface area contributed by atoms with Gasteiger partial charge in [0.05, 0.1) is 33.7 Å². The van der Waals surface area contributed by atoms with Gasteiger partial charge in [-0.25, -0.2) is 13.4 Å². The van der Waals surface area contributed by atoms with Crippen LogP contribution in [-0.2, 0) is 19.6 Å². The number of nitrogens with zero attached hydrogens (tertiary/aromatic N) is 3. The highest BCUT2D eigenvalue weighted by Crippen LogP contribution is 2.32. The smallest absolute Gasteiger partial charge is 0.263 e. The summed E-state index contributed by atoms with van der Waals surface area (Å²) in [5.41, 5.74) is 1.59. The molecule has 0 spiro atoms. The number of amides is 1. The number of ether oxygens (including phenoxy) is 1. The van der Waals surface area contributed by atoms with Crippen LogP contribution in [0.4, 0.5) is 10.8 Å². The Kier molecular flexibility index (Phi) is 7.02. The van der Waals surface area contributed by atoms with Crippen molar-refractivity contribution < 1.29 is 17.9 Å². The van der Waals surface area contributed by atoms with Crippen LogP contribution in [0.1, 0.15) is 18.1 Å². The highest BCUT2D eigenvalue weighted by molar-refractivity contribution is 7.93. The average Bonchev–Trinajstić information content (AvgIpc) is 3.50. The van der Waals surface area contributed by atoms with E-state index in [0.29, 0.717) is 53.5 Å². The van der Waals surface area contributed by atoms with Crippen molar-refractivity contribution in [1.82, 2.24) is 9.88 Å². The first-order valence-electron chi connectivity index (χ1n) is 11.0. The van der Waals surface area contributed by atoms with Crippen LogP contribution in [0.25, 0.3) is 0 Å². The highest BCUT2D eigenvalue weighted by Gasteiger charge is 2.39. The summed E-state index contributed by atoms with van der Waals surface area (Å²) in [4.78, 5) is 21.2. The second kappa shape index (κ2) is 10.0. The Bertz CT molecular complexity index is 1320. The van der Waals surface area contributed by atoms with E-state index in [9.17, 15) is 13.2 Å². The predicted octanol–water partition coefficient (Wildman–Crippen LogP) is 4.43. The minimum atomic E-state index is -3.75. The van der Waals surface area contributed by atoms with Crippen LogP contribution in [-0.4, -0.2) is 56.5 Å². The van der Waals surface area contributed by atoms with E-state index in [-0.39, 0.29) is 22.9 Å². The van der Waals surface area contributed by atoms with Gasteiger partial charge < -0.3 is 9.64 Å². The molecule has 1 N–H and O–H groups in total. The molecule has 3 heterocycles. The zero-order chi connectivity index (χ0) is 24.6. The molecule has 8 nitrogen and oxygen atoms in total. The molecular formula is C23H22Cl2N4O4S2. The molecule has 0 aliphatic carbocycles. The van der Waals surface area contributed by atoms with Crippen molar-refractivity contribution >= 4 is 61.3 Å². The van der Waals surface area contributed by atoms with Crippen molar-refractivity contribution in [1.29, 1.82) is 0 Å². The quantitative estimate of drug-likeness (QED) is 0.486. The Morgan fingerprint density at radius 2 is 1.89 bits per heavy atom. The van der Waals surface area contributed by atoms with Gasteiger partial charge in [-0.05, 0) is 48.4 Å². The van der Waals surface area contributed by atoms with Gasteiger partial charge in [-0.15, -0.1) is 11.3 Å². The topological polar surface area (TPSA) is 91.8 Å². The van der Waals surface area contributed by atoms with E-state index in [1.165, 1.54) is 29.7 Å². The molecule has 2 saturated heterocycles. The molecule has 2 atom stereocenters. The van der Waals surface area contributed by atoms with Crippen molar-refractivity contribution in [2.24, 2.45) is 0 Å². The van der Waals surface area contributed by atoms with Gasteiger partial charge in [0.2, 0.25) is 5.91 Å². The predicted molar refractivity (Wildman–Crippen MR) is 137 cm³/mol. The van der Waals surface area contributed by atoms with Crippen LogP contribution in [0.2, 0.25) is 10.0 Å². The molecule has 12 heteroatoms. The second-order valence-corrected chi connectivity index (χ2v) is 11.7. The van der Waals surface area contributed by atoms with E-state index in [1.807, 2.05) is 6.07 Å². The first-order chi connectivity index (χ1) is 16.8. The maximum atomic E-state index is 13.3. The maximum Gasteiger partial charge on any atom is 0.263 e. The zero-order valence-corrected chi connectivity index (χ0v) is 21.6. The molecule has 184 valence electrons. The number of anilines is 2. The van der Waals surface area contributed by atoms with Gasteiger partial charge in [-0.2, -0.15) is 0 Å². The summed E-state index contributed by atoms with van der Waals surface area (Å²) in [7, 11) is -3.75. The lowest BCUT2D eigenvalue weighted by Crippen LogP contribution is -2.48. The lowest BCUT2D eigenvalue weighted by molar-refractivity contribution is -0.125. The highest BCUT2D eigenvalue weighted by atomic mass is 35.5. The van der Waals surface area contributed by atoms with Gasteiger partial charge in [-0.3, -0.25) is 14.4 Å². The third kappa shape index (κ3) is 5.18. The van der Waals surface area contributed by atoms with Gasteiger partial charge in [-0.1, -0.05) is 29.3 Å². The summed E-state index contributed by atoms with van der Waals surface area (Å²) in [6.07, 6.45) is 2.01. The summed E-state index contributed by atoms with van der Waals surface area (Å²) < 4.78 is 33.6. The van der Waals surface area contributed by atoms with E-state index in [2.05, 4.69) is 14.6 Å². The maximum absolute atomic E-state index is 13.3. The molecule has 2 aromatic carbocycles. The number of hydrogen-bond donors (Lipinski definition) is 1. The molecular weight excluding hydrogens is 531 g/mol. The van der Waals surface area contributed by atoms with Gasteiger partial charge in [0.25, 0.3) is 10.0 Å². The number of carbonyl (C=O) groups is 1. The number of rotatable bonds is 6. The summed E-state index contributed by atoms with van der Waals surface area (Å²) in [5, 5.41) is 2.96. The first kappa shape index (κ1) is 24.5. The molecule has 2 fully saturated rings. The summed E-state index contributed by atoms with van der Waals surface area (Å²) in [5.74, 6) is -0.00342. The Balaban J connectivity index is 1.26. The van der Waals surface area contributed by atoms with Crippen molar-refractivity contribution in [3.8, 4) is 0 Å². The lowest BCUT2D eigenvalue weighted by Gasteiger charge is -2.36. The Morgan fingerprint density at radius 3 is 2.60 bits per heavy atom. The van der Waals surface area contributed by atoms with Gasteiger partial charge in [0, 0.05) is 36.9 Å². The summed E-state index contributed by atoms with van der Waals surface area (Å²) in [6, 6.07) is 11.5. The fourth-order valence-electron chi connectivity index (χ4n) is 4.38. The van der Waals surface area contributed by atoms with E-state index in [4.69, 9.17) is 27.9 Å². The molecule has 2 aliphatic heterocycles. The summed E-state index contributed by atoms with van der Waals surface area (Å²) >= 11 is 13.4. The van der Waals surface area contributed by atoms with Crippen LogP contribution >= 0.6 is 34.5 Å². The largest absolute Gasteiger partial charge is 0.371 e. The molecule has 2 aliphatic rings. The fourth-order valence-corrected chi connectivity index (χ4v) is 6.47. The molecule has 0 saturated carbocycles. The second-order valence-electron chi connectivity index (χ2n) is 8.26. The number of carbonyl (C=O) groups excluding carboxylic acids is 1. The van der Waals surface area contributed by atoms with Crippen molar-refractivity contribution in [3.63, 3.8) is 0 Å². The van der Waals surface area contributed by atoms with Gasteiger partial charge >= 0.3 is 0 Å². The van der Waals surface area contributed by atoms with Crippen LogP contribution in [0.5, 0.6) is 0 Å². The van der Waals surface area contributed by atoms with Crippen LogP contribution in [0.3, 0.4) is 0 Å². The number of thiazole rings is 1. The minimum Gasteiger partial charge on any atom is -0.371 e. The fraction of sp³-hybridized carbons (Fsp3) is 0.304. The third-order valence-corrected chi connectivity index (χ3v) is 9.06. The monoisotopic (exact) mass is 552 g/mol. The zero-order valence-electron chi connectivity index (χ0n) is 18.4. The number of halogens is 2. The Hall–Kier alpha value is -2.21. The molecule has 1 aromatic heterocycles. The normalized spacial score (nSPS) is 21.4. The molecule has 3 aromatic rings. The number of hydrogen-bond acceptors (Lipinski definition) is 7. The third-order valence-electron chi connectivity index (χ3n) is 6.14. The molecule has 1 amide bonds.